The van der Waals surface area contributed by atoms with Crippen molar-refractivity contribution in [3.8, 4) is 11.5 Å². The Kier molecular flexibility index (Phi) is 9.57. The second-order valence-corrected chi connectivity index (χ2v) is 7.72. The first-order chi connectivity index (χ1) is 13.9. The summed E-state index contributed by atoms with van der Waals surface area (Å²) < 4.78 is 11.7. The van der Waals surface area contributed by atoms with E-state index in [1.54, 1.807) is 36.4 Å². The Hall–Kier alpha value is -1.96. The highest BCUT2D eigenvalue weighted by molar-refractivity contribution is 9.10. The van der Waals surface area contributed by atoms with Crippen molar-refractivity contribution < 1.29 is 19.1 Å². The summed E-state index contributed by atoms with van der Waals surface area (Å²) >= 11 is 15.2. The van der Waals surface area contributed by atoms with Gasteiger partial charge < -0.3 is 9.47 Å². The second-order valence-electron chi connectivity index (χ2n) is 6.02. The lowest BCUT2D eigenvalue weighted by molar-refractivity contribution is -0.122. The summed E-state index contributed by atoms with van der Waals surface area (Å²) in [6.45, 7) is 2.90. The molecule has 0 unspecified atom stereocenters. The van der Waals surface area contributed by atoms with Gasteiger partial charge in [0.15, 0.2) is 0 Å². The molecule has 0 radical (unpaired) electrons. The maximum atomic E-state index is 12.2. The molecule has 2 amide bonds. The average molecular weight is 504 g/mol. The van der Waals surface area contributed by atoms with Gasteiger partial charge in [-0.2, -0.15) is 0 Å². The molecule has 0 atom stereocenters. The average Bonchev–Trinajstić information content (AvgIpc) is 2.69. The first-order valence-corrected chi connectivity index (χ1v) is 10.5. The Morgan fingerprint density at radius 1 is 1.00 bits per heavy atom. The number of nitrogens with one attached hydrogen (secondary N) is 2. The molecule has 0 fully saturated rings. The van der Waals surface area contributed by atoms with Crippen molar-refractivity contribution in [3.63, 3.8) is 0 Å². The molecule has 0 heterocycles. The van der Waals surface area contributed by atoms with Crippen molar-refractivity contribution in [1.82, 2.24) is 10.9 Å². The third kappa shape index (κ3) is 7.76. The van der Waals surface area contributed by atoms with E-state index in [0.717, 1.165) is 6.42 Å². The van der Waals surface area contributed by atoms with Crippen LogP contribution in [0.25, 0.3) is 0 Å². The minimum Gasteiger partial charge on any atom is -0.492 e. The van der Waals surface area contributed by atoms with Crippen LogP contribution in [0.5, 0.6) is 11.5 Å². The molecule has 29 heavy (non-hydrogen) atoms. The third-order valence-corrected chi connectivity index (χ3v) is 4.82. The van der Waals surface area contributed by atoms with E-state index in [-0.39, 0.29) is 12.3 Å². The number of hydrogen-bond donors (Lipinski definition) is 2. The van der Waals surface area contributed by atoms with E-state index < -0.39 is 5.91 Å². The predicted molar refractivity (Wildman–Crippen MR) is 117 cm³/mol. The van der Waals surface area contributed by atoms with Crippen LogP contribution >= 0.6 is 39.1 Å². The maximum Gasteiger partial charge on any atom is 0.269 e. The molecule has 9 heteroatoms. The van der Waals surface area contributed by atoms with Gasteiger partial charge in [0.2, 0.25) is 5.91 Å². The zero-order valence-corrected chi connectivity index (χ0v) is 18.9. The molecule has 0 aliphatic carbocycles. The van der Waals surface area contributed by atoms with E-state index in [4.69, 9.17) is 32.7 Å². The lowest BCUT2D eigenvalue weighted by Gasteiger charge is -2.11. The van der Waals surface area contributed by atoms with Crippen LogP contribution in [0.15, 0.2) is 40.9 Å². The van der Waals surface area contributed by atoms with Crippen molar-refractivity contribution in [3.05, 3.63) is 56.5 Å². The van der Waals surface area contributed by atoms with Crippen LogP contribution in [-0.2, 0) is 4.79 Å². The molecule has 0 saturated carbocycles. The minimum atomic E-state index is -0.426. The molecular formula is C20H21BrCl2N2O4. The summed E-state index contributed by atoms with van der Waals surface area (Å²) in [5.41, 5.74) is 5.16. The minimum absolute atomic E-state index is 0.180. The fourth-order valence-electron chi connectivity index (χ4n) is 2.24. The monoisotopic (exact) mass is 502 g/mol. The SMILES string of the molecule is CCCOc1ccc(C(=O)NNC(=O)CCCOc2ccc(Cl)cc2Cl)cc1Br. The fourth-order valence-corrected chi connectivity index (χ4v) is 3.20. The Bertz CT molecular complexity index is 864. The quantitative estimate of drug-likeness (QED) is 0.365. The molecule has 2 aromatic rings. The van der Waals surface area contributed by atoms with Gasteiger partial charge in [-0.3, -0.25) is 20.4 Å². The number of rotatable bonds is 9. The molecular weight excluding hydrogens is 483 g/mol. The van der Waals surface area contributed by atoms with Crippen molar-refractivity contribution in [2.75, 3.05) is 13.2 Å². The van der Waals surface area contributed by atoms with Gasteiger partial charge in [0.05, 0.1) is 22.7 Å². The van der Waals surface area contributed by atoms with Crippen molar-refractivity contribution in [2.45, 2.75) is 26.2 Å². The normalized spacial score (nSPS) is 10.3. The number of ether oxygens (including phenoxy) is 2. The van der Waals surface area contributed by atoms with Crippen LogP contribution in [0.3, 0.4) is 0 Å². The fraction of sp³-hybridized carbons (Fsp3) is 0.300. The summed E-state index contributed by atoms with van der Waals surface area (Å²) in [6.07, 6.45) is 1.52. The van der Waals surface area contributed by atoms with Crippen LogP contribution < -0.4 is 20.3 Å². The van der Waals surface area contributed by atoms with Crippen LogP contribution in [0.4, 0.5) is 0 Å². The second kappa shape index (κ2) is 11.9. The summed E-state index contributed by atoms with van der Waals surface area (Å²) in [6, 6.07) is 9.89. The van der Waals surface area contributed by atoms with Gasteiger partial charge >= 0.3 is 0 Å². The number of carbonyl (C=O) groups excluding carboxylic acids is 2. The van der Waals surface area contributed by atoms with Gasteiger partial charge in [-0.25, -0.2) is 0 Å². The van der Waals surface area contributed by atoms with Crippen LogP contribution in [-0.4, -0.2) is 25.0 Å². The highest BCUT2D eigenvalue weighted by Gasteiger charge is 2.11. The van der Waals surface area contributed by atoms with Crippen molar-refractivity contribution in [2.24, 2.45) is 0 Å². The standard InChI is InChI=1S/C20H21BrCl2N2O4/c1-2-9-28-17-7-5-13(11-15(17)21)20(27)25-24-19(26)4-3-10-29-18-8-6-14(22)12-16(18)23/h5-8,11-12H,2-4,9-10H2,1H3,(H,24,26)(H,25,27). The van der Waals surface area contributed by atoms with Crippen LogP contribution in [0.1, 0.15) is 36.5 Å². The van der Waals surface area contributed by atoms with E-state index in [9.17, 15) is 9.59 Å². The zero-order valence-electron chi connectivity index (χ0n) is 15.8. The van der Waals surface area contributed by atoms with Gasteiger partial charge in [0.1, 0.15) is 11.5 Å². The first-order valence-electron chi connectivity index (χ1n) is 9.00. The Morgan fingerprint density at radius 3 is 2.41 bits per heavy atom. The predicted octanol–water partition coefficient (Wildman–Crippen LogP) is 5.16. The van der Waals surface area contributed by atoms with Crippen LogP contribution in [0, 0.1) is 0 Å². The zero-order chi connectivity index (χ0) is 21.2. The molecule has 6 nitrogen and oxygen atoms in total. The van der Waals surface area contributed by atoms with E-state index >= 15 is 0 Å². The van der Waals surface area contributed by atoms with Gasteiger partial charge in [-0.05, 0) is 65.2 Å². The molecule has 0 aliphatic rings. The molecule has 156 valence electrons. The Morgan fingerprint density at radius 2 is 1.72 bits per heavy atom. The molecule has 0 aliphatic heterocycles. The van der Waals surface area contributed by atoms with Crippen LogP contribution in [0.2, 0.25) is 10.0 Å². The molecule has 0 spiro atoms. The summed E-state index contributed by atoms with van der Waals surface area (Å²) in [5, 5.41) is 0.930. The highest BCUT2D eigenvalue weighted by Crippen LogP contribution is 2.28. The van der Waals surface area contributed by atoms with Gasteiger partial charge in [-0.15, -0.1) is 0 Å². The Balaban J connectivity index is 1.71. The van der Waals surface area contributed by atoms with E-state index in [1.807, 2.05) is 6.92 Å². The molecule has 0 saturated heterocycles. The molecule has 0 aromatic heterocycles. The first kappa shape index (κ1) is 23.3. The van der Waals surface area contributed by atoms with E-state index in [2.05, 4.69) is 26.8 Å². The summed E-state index contributed by atoms with van der Waals surface area (Å²) in [7, 11) is 0. The molecule has 2 rings (SSSR count). The van der Waals surface area contributed by atoms with Crippen molar-refractivity contribution >= 4 is 50.9 Å². The highest BCUT2D eigenvalue weighted by atomic mass is 79.9. The maximum absolute atomic E-state index is 12.2. The van der Waals surface area contributed by atoms with E-state index in [0.29, 0.717) is 51.2 Å². The number of hydrogen-bond acceptors (Lipinski definition) is 4. The lowest BCUT2D eigenvalue weighted by atomic mass is 10.2. The van der Waals surface area contributed by atoms with Gasteiger partial charge in [0, 0.05) is 17.0 Å². The Labute approximate surface area is 188 Å². The largest absolute Gasteiger partial charge is 0.492 e. The third-order valence-electron chi connectivity index (χ3n) is 3.67. The molecule has 2 N–H and O–H groups in total. The van der Waals surface area contributed by atoms with Gasteiger partial charge in [0.25, 0.3) is 5.91 Å². The lowest BCUT2D eigenvalue weighted by Crippen LogP contribution is -2.41. The number of benzene rings is 2. The number of amides is 2. The molecule has 2 aromatic carbocycles. The number of hydrazine groups is 1. The van der Waals surface area contributed by atoms with Gasteiger partial charge in [-0.1, -0.05) is 30.1 Å². The number of halogens is 3. The molecule has 0 bridgehead atoms. The number of carbonyl (C=O) groups is 2. The van der Waals surface area contributed by atoms with E-state index in [1.165, 1.54) is 0 Å². The van der Waals surface area contributed by atoms with Crippen molar-refractivity contribution in [1.29, 1.82) is 0 Å². The summed E-state index contributed by atoms with van der Waals surface area (Å²) in [5.74, 6) is 0.409. The summed E-state index contributed by atoms with van der Waals surface area (Å²) in [4.78, 5) is 24.1. The smallest absolute Gasteiger partial charge is 0.269 e. The topological polar surface area (TPSA) is 76.7 Å².